The summed E-state index contributed by atoms with van der Waals surface area (Å²) in [4.78, 5) is 11.1. The molecular formula is C15H24O2. The van der Waals surface area contributed by atoms with Crippen molar-refractivity contribution in [1.82, 2.24) is 0 Å². The van der Waals surface area contributed by atoms with Crippen LogP contribution in [-0.4, -0.2) is 11.9 Å². The number of rotatable bonds is 5. The minimum atomic E-state index is 0.155. The zero-order valence-electron chi connectivity index (χ0n) is 11.5. The minimum absolute atomic E-state index is 0.155. The number of Topliss-reactive ketones (excluding diaryl/α,β-unsaturated/α-hetero) is 1. The molecule has 1 unspecified atom stereocenters. The van der Waals surface area contributed by atoms with Crippen molar-refractivity contribution in [2.24, 2.45) is 5.41 Å². The molecular weight excluding hydrogens is 212 g/mol. The maximum Gasteiger partial charge on any atom is 0.130 e. The summed E-state index contributed by atoms with van der Waals surface area (Å²) < 4.78 is 5.55. The SMILES string of the molecule is C=COC1CCC(C)(C)C(CCC(C)=O)=C1C. The summed E-state index contributed by atoms with van der Waals surface area (Å²) in [7, 11) is 0. The standard InChI is InChI=1S/C15H24O2/c1-6-17-14-9-10-15(4,5)13(12(14)3)8-7-11(2)16/h6,14H,1,7-10H2,2-5H3. The molecule has 0 aromatic heterocycles. The molecule has 0 bridgehead atoms. The molecule has 0 fully saturated rings. The van der Waals surface area contributed by atoms with E-state index in [1.54, 1.807) is 6.92 Å². The number of allylic oxidation sites excluding steroid dienone is 1. The topological polar surface area (TPSA) is 26.3 Å². The normalized spacial score (nSPS) is 23.4. The molecule has 1 rings (SSSR count). The average Bonchev–Trinajstić information content (AvgIpc) is 2.21. The lowest BCUT2D eigenvalue weighted by Gasteiger charge is -2.38. The van der Waals surface area contributed by atoms with Gasteiger partial charge >= 0.3 is 0 Å². The quantitative estimate of drug-likeness (QED) is 0.532. The molecule has 1 aliphatic carbocycles. The van der Waals surface area contributed by atoms with Gasteiger partial charge in [0.05, 0.1) is 6.26 Å². The number of hydrogen-bond acceptors (Lipinski definition) is 2. The highest BCUT2D eigenvalue weighted by molar-refractivity contribution is 5.75. The van der Waals surface area contributed by atoms with E-state index in [2.05, 4.69) is 27.4 Å². The fraction of sp³-hybridized carbons (Fsp3) is 0.667. The van der Waals surface area contributed by atoms with Crippen molar-refractivity contribution in [3.63, 3.8) is 0 Å². The Morgan fingerprint density at radius 3 is 2.76 bits per heavy atom. The van der Waals surface area contributed by atoms with E-state index in [1.807, 2.05) is 0 Å². The van der Waals surface area contributed by atoms with Gasteiger partial charge in [0.2, 0.25) is 0 Å². The fourth-order valence-electron chi connectivity index (χ4n) is 2.71. The van der Waals surface area contributed by atoms with Gasteiger partial charge in [0.15, 0.2) is 0 Å². The van der Waals surface area contributed by atoms with Crippen LogP contribution in [0.1, 0.15) is 53.4 Å². The second-order valence-electron chi connectivity index (χ2n) is 5.58. The van der Waals surface area contributed by atoms with Gasteiger partial charge in [-0.15, -0.1) is 0 Å². The second-order valence-corrected chi connectivity index (χ2v) is 5.58. The average molecular weight is 236 g/mol. The van der Waals surface area contributed by atoms with Crippen molar-refractivity contribution in [3.8, 4) is 0 Å². The van der Waals surface area contributed by atoms with Crippen molar-refractivity contribution < 1.29 is 9.53 Å². The Hall–Kier alpha value is -1.05. The van der Waals surface area contributed by atoms with Crippen LogP contribution in [0.4, 0.5) is 0 Å². The largest absolute Gasteiger partial charge is 0.494 e. The van der Waals surface area contributed by atoms with Gasteiger partial charge < -0.3 is 9.53 Å². The Bertz CT molecular complexity index is 337. The molecule has 0 saturated carbocycles. The van der Waals surface area contributed by atoms with E-state index >= 15 is 0 Å². The fourth-order valence-corrected chi connectivity index (χ4v) is 2.71. The first-order valence-corrected chi connectivity index (χ1v) is 6.34. The maximum atomic E-state index is 11.1. The minimum Gasteiger partial charge on any atom is -0.494 e. The van der Waals surface area contributed by atoms with Gasteiger partial charge in [-0.2, -0.15) is 0 Å². The van der Waals surface area contributed by atoms with E-state index in [9.17, 15) is 4.79 Å². The molecule has 0 N–H and O–H groups in total. The van der Waals surface area contributed by atoms with Crippen LogP contribution in [0.5, 0.6) is 0 Å². The third-order valence-electron chi connectivity index (χ3n) is 3.79. The zero-order valence-corrected chi connectivity index (χ0v) is 11.5. The van der Waals surface area contributed by atoms with Crippen molar-refractivity contribution in [3.05, 3.63) is 24.0 Å². The van der Waals surface area contributed by atoms with Crippen LogP contribution in [0, 0.1) is 5.41 Å². The number of hydrogen-bond donors (Lipinski definition) is 0. The number of carbonyl (C=O) groups excluding carboxylic acids is 1. The van der Waals surface area contributed by atoms with Crippen LogP contribution in [0.2, 0.25) is 0 Å². The monoisotopic (exact) mass is 236 g/mol. The first kappa shape index (κ1) is 14.0. The summed E-state index contributed by atoms with van der Waals surface area (Å²) in [6, 6.07) is 0. The highest BCUT2D eigenvalue weighted by atomic mass is 16.5. The van der Waals surface area contributed by atoms with Crippen LogP contribution >= 0.6 is 0 Å². The number of carbonyl (C=O) groups is 1. The molecule has 0 saturated heterocycles. The van der Waals surface area contributed by atoms with Crippen LogP contribution in [0.15, 0.2) is 24.0 Å². The molecule has 17 heavy (non-hydrogen) atoms. The van der Waals surface area contributed by atoms with E-state index in [-0.39, 0.29) is 17.3 Å². The highest BCUT2D eigenvalue weighted by Gasteiger charge is 2.33. The Labute approximate surface area is 105 Å². The van der Waals surface area contributed by atoms with Crippen LogP contribution in [0.25, 0.3) is 0 Å². The van der Waals surface area contributed by atoms with Crippen molar-refractivity contribution in [2.75, 3.05) is 0 Å². The molecule has 0 aromatic rings. The Morgan fingerprint density at radius 2 is 2.24 bits per heavy atom. The number of ketones is 1. The Kier molecular flexibility index (Phi) is 4.55. The Morgan fingerprint density at radius 1 is 1.59 bits per heavy atom. The summed E-state index contributed by atoms with van der Waals surface area (Å²) in [5, 5.41) is 0. The molecule has 2 nitrogen and oxygen atoms in total. The van der Waals surface area contributed by atoms with Crippen molar-refractivity contribution in [1.29, 1.82) is 0 Å². The lowest BCUT2D eigenvalue weighted by Crippen LogP contribution is -2.29. The molecule has 0 aliphatic heterocycles. The molecule has 0 aromatic carbocycles. The van der Waals surface area contributed by atoms with E-state index in [1.165, 1.54) is 17.4 Å². The highest BCUT2D eigenvalue weighted by Crippen LogP contribution is 2.43. The van der Waals surface area contributed by atoms with E-state index in [0.29, 0.717) is 6.42 Å². The molecule has 0 heterocycles. The van der Waals surface area contributed by atoms with Gasteiger partial charge in [0.25, 0.3) is 0 Å². The third-order valence-corrected chi connectivity index (χ3v) is 3.79. The van der Waals surface area contributed by atoms with Gasteiger partial charge in [-0.1, -0.05) is 26.0 Å². The van der Waals surface area contributed by atoms with Gasteiger partial charge in [0, 0.05) is 6.42 Å². The molecule has 1 aliphatic rings. The van der Waals surface area contributed by atoms with Crippen LogP contribution in [0.3, 0.4) is 0 Å². The smallest absolute Gasteiger partial charge is 0.130 e. The first-order chi connectivity index (χ1) is 7.88. The summed E-state index contributed by atoms with van der Waals surface area (Å²) in [5.41, 5.74) is 2.88. The Balaban J connectivity index is 2.92. The first-order valence-electron chi connectivity index (χ1n) is 6.34. The lowest BCUT2D eigenvalue weighted by molar-refractivity contribution is -0.117. The van der Waals surface area contributed by atoms with Crippen LogP contribution < -0.4 is 0 Å². The molecule has 2 heteroatoms. The molecule has 1 atom stereocenters. The van der Waals surface area contributed by atoms with Crippen molar-refractivity contribution >= 4 is 5.78 Å². The zero-order chi connectivity index (χ0) is 13.1. The van der Waals surface area contributed by atoms with Gasteiger partial charge in [-0.3, -0.25) is 0 Å². The number of ether oxygens (including phenoxy) is 1. The molecule has 0 radical (unpaired) electrons. The van der Waals surface area contributed by atoms with Gasteiger partial charge in [-0.05, 0) is 44.1 Å². The van der Waals surface area contributed by atoms with E-state index < -0.39 is 0 Å². The third kappa shape index (κ3) is 3.45. The predicted octanol–water partition coefficient (Wildman–Crippen LogP) is 4.02. The molecule has 0 spiro atoms. The summed E-state index contributed by atoms with van der Waals surface area (Å²) in [6.07, 6.45) is 5.32. The lowest BCUT2D eigenvalue weighted by atomic mass is 9.70. The van der Waals surface area contributed by atoms with Gasteiger partial charge in [0.1, 0.15) is 11.9 Å². The van der Waals surface area contributed by atoms with Crippen molar-refractivity contribution in [2.45, 2.75) is 59.5 Å². The van der Waals surface area contributed by atoms with Crippen LogP contribution in [-0.2, 0) is 9.53 Å². The predicted molar refractivity (Wildman–Crippen MR) is 70.7 cm³/mol. The van der Waals surface area contributed by atoms with Gasteiger partial charge in [-0.25, -0.2) is 0 Å². The van der Waals surface area contributed by atoms with E-state index in [4.69, 9.17) is 4.74 Å². The second kappa shape index (κ2) is 5.52. The maximum absolute atomic E-state index is 11.1. The summed E-state index contributed by atoms with van der Waals surface area (Å²) >= 11 is 0. The molecule has 96 valence electrons. The molecule has 0 amide bonds. The summed E-state index contributed by atoms with van der Waals surface area (Å²) in [5.74, 6) is 0.257. The summed E-state index contributed by atoms with van der Waals surface area (Å²) in [6.45, 7) is 11.9. The van der Waals surface area contributed by atoms with E-state index in [0.717, 1.165) is 19.3 Å².